The van der Waals surface area contributed by atoms with Crippen LogP contribution >= 0.6 is 0 Å². The van der Waals surface area contributed by atoms with E-state index in [-0.39, 0.29) is 12.5 Å². The number of carbonyl (C=O) groups excluding carboxylic acids is 2. The largest absolute Gasteiger partial charge is 0.416 e. The number of benzene rings is 2. The van der Waals surface area contributed by atoms with Crippen molar-refractivity contribution < 1.29 is 22.8 Å². The number of primary amides is 1. The molecule has 3 rings (SSSR count). The third kappa shape index (κ3) is 3.28. The predicted octanol–water partition coefficient (Wildman–Crippen LogP) is 2.44. The molecular weight excluding hydrogens is 335 g/mol. The number of nitrogens with one attached hydrogen (secondary N) is 1. The van der Waals surface area contributed by atoms with Gasteiger partial charge in [-0.05, 0) is 29.8 Å². The van der Waals surface area contributed by atoms with Gasteiger partial charge in [-0.3, -0.25) is 9.59 Å². The molecule has 2 aromatic rings. The van der Waals surface area contributed by atoms with Crippen LogP contribution in [0.15, 0.2) is 48.5 Å². The first-order valence-electron chi connectivity index (χ1n) is 7.39. The summed E-state index contributed by atoms with van der Waals surface area (Å²) >= 11 is 0. The number of amides is 2. The molecule has 130 valence electrons. The molecule has 0 saturated carbocycles. The Balaban J connectivity index is 2.02. The summed E-state index contributed by atoms with van der Waals surface area (Å²) in [5.41, 5.74) is 5.78. The lowest BCUT2D eigenvalue weighted by Crippen LogP contribution is -2.49. The molecule has 0 saturated heterocycles. The predicted molar refractivity (Wildman–Crippen MR) is 84.6 cm³/mol. The Labute approximate surface area is 141 Å². The Bertz CT molecular complexity index is 819. The number of fused-ring (bicyclic) bond motifs is 1. The maximum atomic E-state index is 12.7. The summed E-state index contributed by atoms with van der Waals surface area (Å²) in [5, 5.41) is 2.70. The summed E-state index contributed by atoms with van der Waals surface area (Å²) < 4.78 is 38.2. The Kier molecular flexibility index (Phi) is 4.12. The van der Waals surface area contributed by atoms with Gasteiger partial charge in [0, 0.05) is 0 Å². The fraction of sp³-hybridized carbons (Fsp3) is 0.176. The number of rotatable bonds is 3. The maximum absolute atomic E-state index is 12.7. The van der Waals surface area contributed by atoms with Crippen molar-refractivity contribution in [2.45, 2.75) is 12.3 Å². The number of alkyl halides is 3. The van der Waals surface area contributed by atoms with E-state index in [0.717, 1.165) is 12.1 Å². The molecule has 1 heterocycles. The van der Waals surface area contributed by atoms with Gasteiger partial charge < -0.3 is 16.0 Å². The second-order valence-corrected chi connectivity index (χ2v) is 5.61. The molecule has 25 heavy (non-hydrogen) atoms. The monoisotopic (exact) mass is 349 g/mol. The van der Waals surface area contributed by atoms with E-state index in [1.807, 2.05) is 0 Å². The van der Waals surface area contributed by atoms with Crippen LogP contribution < -0.4 is 16.0 Å². The molecule has 0 aliphatic carbocycles. The zero-order chi connectivity index (χ0) is 18.2. The highest BCUT2D eigenvalue weighted by molar-refractivity contribution is 6.02. The molecule has 1 atom stereocenters. The Morgan fingerprint density at radius 3 is 2.36 bits per heavy atom. The molecule has 0 bridgehead atoms. The molecule has 2 amide bonds. The van der Waals surface area contributed by atoms with Crippen LogP contribution in [0, 0.1) is 0 Å². The van der Waals surface area contributed by atoms with Gasteiger partial charge in [0.2, 0.25) is 5.91 Å². The average molecular weight is 349 g/mol. The quantitative estimate of drug-likeness (QED) is 0.894. The molecule has 3 N–H and O–H groups in total. The minimum Gasteiger partial charge on any atom is -0.368 e. The number of anilines is 1. The van der Waals surface area contributed by atoms with E-state index in [9.17, 15) is 22.8 Å². The lowest BCUT2D eigenvalue weighted by atomic mass is 10.0. The van der Waals surface area contributed by atoms with Gasteiger partial charge in [0.05, 0.1) is 23.4 Å². The minimum absolute atomic E-state index is 0.191. The number of halogens is 3. The van der Waals surface area contributed by atoms with Gasteiger partial charge in [0.1, 0.15) is 6.17 Å². The third-order valence-electron chi connectivity index (χ3n) is 3.92. The molecular formula is C17H14F3N3O2. The molecule has 1 aliphatic heterocycles. The number of carbonyl (C=O) groups is 2. The van der Waals surface area contributed by atoms with Crippen LogP contribution in [-0.2, 0) is 11.0 Å². The van der Waals surface area contributed by atoms with Gasteiger partial charge in [0.15, 0.2) is 0 Å². The van der Waals surface area contributed by atoms with E-state index in [4.69, 9.17) is 5.73 Å². The van der Waals surface area contributed by atoms with E-state index in [1.165, 1.54) is 12.1 Å². The van der Waals surface area contributed by atoms with Crippen LogP contribution in [0.3, 0.4) is 0 Å². The van der Waals surface area contributed by atoms with Gasteiger partial charge in [0.25, 0.3) is 5.91 Å². The van der Waals surface area contributed by atoms with Crippen molar-refractivity contribution in [1.29, 1.82) is 0 Å². The molecule has 1 unspecified atom stereocenters. The van der Waals surface area contributed by atoms with Crippen molar-refractivity contribution in [3.05, 3.63) is 65.2 Å². The van der Waals surface area contributed by atoms with E-state index in [2.05, 4.69) is 5.32 Å². The summed E-state index contributed by atoms with van der Waals surface area (Å²) in [6.45, 7) is -0.191. The van der Waals surface area contributed by atoms with Crippen molar-refractivity contribution in [1.82, 2.24) is 5.32 Å². The van der Waals surface area contributed by atoms with Crippen molar-refractivity contribution in [3.8, 4) is 0 Å². The molecule has 2 aromatic carbocycles. The molecule has 8 heteroatoms. The van der Waals surface area contributed by atoms with Gasteiger partial charge in [-0.25, -0.2) is 0 Å². The Morgan fingerprint density at radius 2 is 1.76 bits per heavy atom. The molecule has 0 spiro atoms. The smallest absolute Gasteiger partial charge is 0.368 e. The first kappa shape index (κ1) is 16.8. The Hall–Kier alpha value is -3.03. The lowest BCUT2D eigenvalue weighted by Gasteiger charge is -2.38. The minimum atomic E-state index is -4.45. The topological polar surface area (TPSA) is 75.4 Å². The van der Waals surface area contributed by atoms with Crippen molar-refractivity contribution in [2.24, 2.45) is 5.73 Å². The fourth-order valence-electron chi connectivity index (χ4n) is 2.80. The summed E-state index contributed by atoms with van der Waals surface area (Å²) in [4.78, 5) is 25.3. The van der Waals surface area contributed by atoms with Crippen molar-refractivity contribution >= 4 is 17.5 Å². The first-order valence-corrected chi connectivity index (χ1v) is 7.39. The first-order chi connectivity index (χ1) is 11.8. The van der Waals surface area contributed by atoms with Crippen LogP contribution in [-0.4, -0.2) is 18.4 Å². The molecule has 0 aromatic heterocycles. The Morgan fingerprint density at radius 1 is 1.12 bits per heavy atom. The number of para-hydroxylation sites is 1. The maximum Gasteiger partial charge on any atom is 0.416 e. The van der Waals surface area contributed by atoms with Gasteiger partial charge >= 0.3 is 6.18 Å². The highest BCUT2D eigenvalue weighted by Gasteiger charge is 2.34. The van der Waals surface area contributed by atoms with E-state index >= 15 is 0 Å². The SMILES string of the molecule is NC(=O)CN1c2ccccc2C(=O)NC1c1ccc(C(F)(F)F)cc1. The number of nitrogens with zero attached hydrogens (tertiary/aromatic N) is 1. The van der Waals surface area contributed by atoms with Gasteiger partial charge in [-0.2, -0.15) is 13.2 Å². The average Bonchev–Trinajstić information content (AvgIpc) is 2.56. The van der Waals surface area contributed by atoms with E-state index in [0.29, 0.717) is 16.8 Å². The van der Waals surface area contributed by atoms with Crippen molar-refractivity contribution in [2.75, 3.05) is 11.4 Å². The van der Waals surface area contributed by atoms with Crippen LogP contribution in [0.1, 0.15) is 27.7 Å². The highest BCUT2D eigenvalue weighted by Crippen LogP contribution is 2.34. The van der Waals surface area contributed by atoms with Crippen LogP contribution in [0.25, 0.3) is 0 Å². The second kappa shape index (κ2) is 6.12. The normalized spacial score (nSPS) is 17.0. The standard InChI is InChI=1S/C17H14F3N3O2/c18-17(19,20)11-7-5-10(6-8-11)15-22-16(25)12-3-1-2-4-13(12)23(15)9-14(21)24/h1-8,15H,9H2,(H2,21,24)(H,22,25). The molecule has 0 fully saturated rings. The third-order valence-corrected chi connectivity index (χ3v) is 3.92. The van der Waals surface area contributed by atoms with E-state index in [1.54, 1.807) is 29.2 Å². The van der Waals surface area contributed by atoms with E-state index < -0.39 is 23.8 Å². The number of hydrogen-bond donors (Lipinski definition) is 2. The summed E-state index contributed by atoms with van der Waals surface area (Å²) in [5.74, 6) is -0.996. The van der Waals surface area contributed by atoms with Crippen molar-refractivity contribution in [3.63, 3.8) is 0 Å². The second-order valence-electron chi connectivity index (χ2n) is 5.61. The number of nitrogens with two attached hydrogens (primary N) is 1. The lowest BCUT2D eigenvalue weighted by molar-refractivity contribution is -0.137. The summed E-state index contributed by atoms with van der Waals surface area (Å²) in [7, 11) is 0. The highest BCUT2D eigenvalue weighted by atomic mass is 19.4. The zero-order valence-electron chi connectivity index (χ0n) is 12.9. The molecule has 5 nitrogen and oxygen atoms in total. The molecule has 1 aliphatic rings. The fourth-order valence-corrected chi connectivity index (χ4v) is 2.80. The molecule has 0 radical (unpaired) electrons. The van der Waals surface area contributed by atoms with Gasteiger partial charge in [-0.1, -0.05) is 24.3 Å². The van der Waals surface area contributed by atoms with Gasteiger partial charge in [-0.15, -0.1) is 0 Å². The van der Waals surface area contributed by atoms with Crippen LogP contribution in [0.2, 0.25) is 0 Å². The summed E-state index contributed by atoms with van der Waals surface area (Å²) in [6.07, 6.45) is -5.24. The zero-order valence-corrected chi connectivity index (χ0v) is 12.9. The summed E-state index contributed by atoms with van der Waals surface area (Å²) in [6, 6.07) is 11.1. The number of hydrogen-bond acceptors (Lipinski definition) is 3. The van der Waals surface area contributed by atoms with Crippen LogP contribution in [0.4, 0.5) is 18.9 Å². The van der Waals surface area contributed by atoms with Crippen LogP contribution in [0.5, 0.6) is 0 Å².